The summed E-state index contributed by atoms with van der Waals surface area (Å²) in [4.78, 5) is 67.1. The van der Waals surface area contributed by atoms with E-state index < -0.39 is 69.5 Å². The minimum Gasteiger partial charge on any atom is -0.508 e. The number of hydrazine groups is 1. The van der Waals surface area contributed by atoms with E-state index in [9.17, 15) is 27.9 Å². The molecule has 0 saturated carbocycles. The van der Waals surface area contributed by atoms with Crippen LogP contribution in [0.4, 0.5) is 5.69 Å². The van der Waals surface area contributed by atoms with Crippen LogP contribution in [0, 0.1) is 23.2 Å². The highest BCUT2D eigenvalue weighted by Gasteiger charge is 2.48. The second-order valence-electron chi connectivity index (χ2n) is 22.9. The number of carbonyl (C=O) groups excluding carboxylic acids is 4. The first-order valence-corrected chi connectivity index (χ1v) is 29.4. The number of phenolic OH excluding ortho intramolecular Hbond substituents is 1. The van der Waals surface area contributed by atoms with E-state index in [4.69, 9.17) is 24.9 Å². The Hall–Kier alpha value is -6.86. The van der Waals surface area contributed by atoms with Gasteiger partial charge in [-0.2, -0.15) is 0 Å². The molecule has 3 aromatic carbocycles. The molecule has 0 spiro atoms. The van der Waals surface area contributed by atoms with E-state index in [1.54, 1.807) is 44.6 Å². The van der Waals surface area contributed by atoms with Crippen molar-refractivity contribution in [3.05, 3.63) is 101 Å². The normalized spacial score (nSPS) is 24.2. The van der Waals surface area contributed by atoms with Gasteiger partial charge < -0.3 is 39.8 Å². The summed E-state index contributed by atoms with van der Waals surface area (Å²) < 4.78 is 48.1. The average molecular weight is 1110 g/mol. The van der Waals surface area contributed by atoms with Gasteiger partial charge in [0, 0.05) is 111 Å². The second-order valence-corrected chi connectivity index (χ2v) is 24.8. The summed E-state index contributed by atoms with van der Waals surface area (Å²) in [5.41, 5.74) is 17.0. The number of cyclic esters (lactones) is 1. The molecule has 3 saturated heterocycles. The summed E-state index contributed by atoms with van der Waals surface area (Å²) in [6, 6.07) is 17.7. The fraction of sp³-hybridized carbons (Fsp3) is 0.483. The number of nitrogens with two attached hydrogens (primary N) is 1. The zero-order valence-electron chi connectivity index (χ0n) is 46.6. The lowest BCUT2D eigenvalue weighted by atomic mass is 9.67. The Bertz CT molecular complexity index is 3390. The van der Waals surface area contributed by atoms with Crippen LogP contribution < -0.4 is 21.2 Å². The van der Waals surface area contributed by atoms with Gasteiger partial charge in [-0.15, -0.1) is 0 Å². The van der Waals surface area contributed by atoms with Gasteiger partial charge in [-0.1, -0.05) is 63.8 Å². The van der Waals surface area contributed by atoms with Crippen LogP contribution in [0.5, 0.6) is 5.75 Å². The van der Waals surface area contributed by atoms with Gasteiger partial charge in [-0.25, -0.2) is 18.6 Å². The minimum atomic E-state index is -3.31. The SMILES string of the molecule is CCn1c2c3c4cc(ccc41)-c1cc(O)cc(c1)C[C@H](NC(=O)C(C(C)C)N(C)C(=O)C1OCCC1c1ccc(N)cc1)C(=O)N1CCCC(N1)C(=O)OCC(C)(C)C3C(OC)c1ncc(C#CCN3CCNS(=O)(=O)CC3)cc1-2. The zero-order chi connectivity index (χ0) is 56.8. The molecule has 80 heavy (non-hydrogen) atoms. The van der Waals surface area contributed by atoms with Crippen molar-refractivity contribution in [2.45, 2.75) is 109 Å². The molecule has 4 aliphatic heterocycles. The molecular formula is C60H73N9O10S. The van der Waals surface area contributed by atoms with Crippen molar-refractivity contribution in [2.75, 3.05) is 71.6 Å². The fourth-order valence-corrected chi connectivity index (χ4v) is 13.6. The van der Waals surface area contributed by atoms with E-state index in [0.29, 0.717) is 86.7 Å². The highest BCUT2D eigenvalue weighted by molar-refractivity contribution is 7.89. The van der Waals surface area contributed by atoms with E-state index >= 15 is 4.79 Å². The first-order chi connectivity index (χ1) is 38.2. The van der Waals surface area contributed by atoms with Gasteiger partial charge in [0.05, 0.1) is 30.3 Å². The molecule has 5 aliphatic rings. The van der Waals surface area contributed by atoms with E-state index in [0.717, 1.165) is 38.9 Å². The van der Waals surface area contributed by atoms with Gasteiger partial charge in [0.2, 0.25) is 15.9 Å². The molecule has 6 N–H and O–H groups in total. The molecule has 424 valence electrons. The number of amides is 3. The first kappa shape index (κ1) is 56.4. The number of likely N-dealkylation sites (N-methyl/N-ethyl adjacent to an activating group) is 1. The number of nitrogen functional groups attached to an aromatic ring is 1. The molecule has 3 amide bonds. The number of anilines is 1. The highest BCUT2D eigenvalue weighted by atomic mass is 32.2. The molecule has 6 heterocycles. The summed E-state index contributed by atoms with van der Waals surface area (Å²) in [5, 5.41) is 16.9. The van der Waals surface area contributed by atoms with Crippen molar-refractivity contribution in [3.63, 3.8) is 0 Å². The number of carbonyl (C=O) groups is 4. The molecule has 19 nitrogen and oxygen atoms in total. The van der Waals surface area contributed by atoms with Crippen LogP contribution in [-0.4, -0.2) is 152 Å². The number of sulfonamides is 1. The first-order valence-electron chi connectivity index (χ1n) is 27.7. The van der Waals surface area contributed by atoms with Gasteiger partial charge in [-0.05, 0) is 102 Å². The molecule has 2 aromatic heterocycles. The van der Waals surface area contributed by atoms with Crippen molar-refractivity contribution >= 4 is 50.3 Å². The van der Waals surface area contributed by atoms with E-state index in [1.165, 1.54) is 9.91 Å². The van der Waals surface area contributed by atoms with E-state index in [1.807, 2.05) is 49.1 Å². The summed E-state index contributed by atoms with van der Waals surface area (Å²) in [7, 11) is -0.0642. The largest absolute Gasteiger partial charge is 0.508 e. The van der Waals surface area contributed by atoms with Gasteiger partial charge >= 0.3 is 5.97 Å². The van der Waals surface area contributed by atoms with Crippen LogP contribution in [0.3, 0.4) is 0 Å². The number of nitrogens with zero attached hydrogens (tertiary/aromatic N) is 5. The van der Waals surface area contributed by atoms with Crippen LogP contribution in [0.15, 0.2) is 72.9 Å². The lowest BCUT2D eigenvalue weighted by molar-refractivity contribution is -0.156. The number of esters is 1. The van der Waals surface area contributed by atoms with Crippen LogP contribution in [0.25, 0.3) is 33.3 Å². The predicted octanol–water partition coefficient (Wildman–Crippen LogP) is 5.21. The molecule has 1 aliphatic carbocycles. The van der Waals surface area contributed by atoms with Gasteiger partial charge in [-0.3, -0.25) is 34.1 Å². The Morgan fingerprint density at radius 3 is 2.58 bits per heavy atom. The molecule has 6 unspecified atom stereocenters. The number of pyridine rings is 1. The number of aryl methyl sites for hydroxylation is 1. The maximum absolute atomic E-state index is 15.0. The van der Waals surface area contributed by atoms with Crippen LogP contribution >= 0.6 is 0 Å². The van der Waals surface area contributed by atoms with Crippen LogP contribution in [0.1, 0.15) is 99.8 Å². The Morgan fingerprint density at radius 2 is 1.82 bits per heavy atom. The number of aromatic nitrogens is 2. The fourth-order valence-electron chi connectivity index (χ4n) is 12.6. The topological polar surface area (TPSA) is 240 Å². The Morgan fingerprint density at radius 1 is 1.04 bits per heavy atom. The summed E-state index contributed by atoms with van der Waals surface area (Å²) in [6.45, 7) is 12.7. The molecule has 6 bridgehead atoms. The summed E-state index contributed by atoms with van der Waals surface area (Å²) in [6.07, 6.45) is 1.73. The predicted molar refractivity (Wildman–Crippen MR) is 303 cm³/mol. The second kappa shape index (κ2) is 22.9. The third-order valence-electron chi connectivity index (χ3n) is 16.6. The number of hydrogen-bond acceptors (Lipinski definition) is 14. The van der Waals surface area contributed by atoms with E-state index in [2.05, 4.69) is 64.8 Å². The average Bonchev–Trinajstić information content (AvgIpc) is 4.23. The number of fused-ring (bicyclic) bond motifs is 8. The standard InChI is InChI=1S/C60H73N9O10S/c1-8-68-48-18-15-39-32-44(48)49-50(55(77-7)51-45(53(49)68)29-36(33-62-51)11-9-21-67-23-20-63-80(75,76)26-24-67)60(4,5)34-79-59(74)46-12-10-22-69(65-46)57(72)47(30-37-27-40(39)31-42(70)28-37)64-56(71)52(35(2)3)66(6)58(73)54-43(19-25-78-54)38-13-16-41(61)17-14-38/h13-18,27-29,31-33,35,43,46-47,50,52,54-55,63,65,70H,8,10,12,19-26,30,34,61H2,1-7H3,(H,64,71)/t43?,46?,47-,50?,52?,54?,55?/m0/s1. The number of phenols is 1. The number of nitrogens with one attached hydrogen (secondary N) is 3. The zero-order valence-corrected chi connectivity index (χ0v) is 47.4. The number of benzene rings is 3. The maximum atomic E-state index is 15.0. The number of methoxy groups -OCH3 is 1. The highest BCUT2D eigenvalue weighted by Crippen LogP contribution is 2.57. The molecule has 0 radical (unpaired) electrons. The maximum Gasteiger partial charge on any atom is 0.324 e. The monoisotopic (exact) mass is 1110 g/mol. The molecule has 7 atom stereocenters. The molecule has 10 rings (SSSR count). The lowest BCUT2D eigenvalue weighted by Crippen LogP contribution is -2.62. The quantitative estimate of drug-likeness (QED) is 0.0724. The molecule has 20 heteroatoms. The smallest absolute Gasteiger partial charge is 0.324 e. The Labute approximate surface area is 467 Å². The van der Waals surface area contributed by atoms with Crippen molar-refractivity contribution < 1.29 is 46.9 Å². The van der Waals surface area contributed by atoms with Crippen LogP contribution in [-0.2, 0) is 56.4 Å². The third-order valence-corrected chi connectivity index (χ3v) is 18.0. The molecule has 3 fully saturated rings. The molecule has 5 aromatic rings. The van der Waals surface area contributed by atoms with Gasteiger partial charge in [0.25, 0.3) is 11.8 Å². The molecular weight excluding hydrogens is 1040 g/mol. The Balaban J connectivity index is 1.03. The minimum absolute atomic E-state index is 0.00792. The number of aromatic hydroxyl groups is 1. The summed E-state index contributed by atoms with van der Waals surface area (Å²) >= 11 is 0. The van der Waals surface area contributed by atoms with Crippen molar-refractivity contribution in [2.24, 2.45) is 11.3 Å². The van der Waals surface area contributed by atoms with Crippen LogP contribution in [0.2, 0.25) is 0 Å². The number of hydrogen-bond donors (Lipinski definition) is 5. The summed E-state index contributed by atoms with van der Waals surface area (Å²) in [5.74, 6) is 3.53. The Kier molecular flexibility index (Phi) is 16.2. The number of rotatable bonds is 9. The van der Waals surface area contributed by atoms with E-state index in [-0.39, 0.29) is 48.8 Å². The van der Waals surface area contributed by atoms with Gasteiger partial charge in [0.15, 0.2) is 0 Å². The lowest BCUT2D eigenvalue weighted by Gasteiger charge is -2.42. The van der Waals surface area contributed by atoms with Crippen molar-refractivity contribution in [1.82, 2.24) is 39.8 Å². The number of ether oxygens (including phenoxy) is 3. The van der Waals surface area contributed by atoms with Crippen molar-refractivity contribution in [3.8, 4) is 40.0 Å². The van der Waals surface area contributed by atoms with Crippen molar-refractivity contribution in [1.29, 1.82) is 0 Å². The van der Waals surface area contributed by atoms with Gasteiger partial charge in [0.1, 0.15) is 36.1 Å². The third kappa shape index (κ3) is 11.3.